The van der Waals surface area contributed by atoms with Crippen LogP contribution in [0.1, 0.15) is 20.7 Å². The Morgan fingerprint density at radius 1 is 0.905 bits per heavy atom. The molecule has 1 aromatic carbocycles. The highest BCUT2D eigenvalue weighted by atomic mass is 16.6. The minimum absolute atomic E-state index is 0.0634. The molecule has 7 nitrogen and oxygen atoms in total. The van der Waals surface area contributed by atoms with Crippen molar-refractivity contribution >= 4 is 17.6 Å². The van der Waals surface area contributed by atoms with Crippen LogP contribution in [-0.4, -0.2) is 52.6 Å². The van der Waals surface area contributed by atoms with Crippen molar-refractivity contribution in [1.29, 1.82) is 0 Å². The summed E-state index contributed by atoms with van der Waals surface area (Å²) in [7, 11) is 2.99. The zero-order valence-electron chi connectivity index (χ0n) is 12.1. The molecule has 0 unspecified atom stereocenters. The third-order valence-corrected chi connectivity index (χ3v) is 2.52. The highest BCUT2D eigenvalue weighted by molar-refractivity contribution is 6.03. The summed E-state index contributed by atoms with van der Waals surface area (Å²) in [5.74, 6) is -1.29. The van der Waals surface area contributed by atoms with Gasteiger partial charge in [0.15, 0.2) is 0 Å². The summed E-state index contributed by atoms with van der Waals surface area (Å²) in [5.41, 5.74) is 6.15. The molecule has 0 heterocycles. The maximum atomic E-state index is 12.0. The Morgan fingerprint density at radius 3 is 1.95 bits per heavy atom. The van der Waals surface area contributed by atoms with Crippen molar-refractivity contribution in [2.45, 2.75) is 0 Å². The van der Waals surface area contributed by atoms with E-state index in [0.29, 0.717) is 5.69 Å². The van der Waals surface area contributed by atoms with Gasteiger partial charge in [-0.1, -0.05) is 0 Å². The van der Waals surface area contributed by atoms with Crippen LogP contribution in [-0.2, 0) is 18.9 Å². The molecule has 0 saturated heterocycles. The summed E-state index contributed by atoms with van der Waals surface area (Å²) in [6.07, 6.45) is 0. The third kappa shape index (κ3) is 5.41. The van der Waals surface area contributed by atoms with Crippen LogP contribution in [0.2, 0.25) is 0 Å². The molecule has 2 N–H and O–H groups in total. The van der Waals surface area contributed by atoms with Crippen molar-refractivity contribution in [2.24, 2.45) is 0 Å². The van der Waals surface area contributed by atoms with Gasteiger partial charge in [-0.15, -0.1) is 0 Å². The third-order valence-electron chi connectivity index (χ3n) is 2.52. The quantitative estimate of drug-likeness (QED) is 0.432. The molecule has 0 atom stereocenters. The lowest BCUT2D eigenvalue weighted by Crippen LogP contribution is -2.17. The molecule has 0 amide bonds. The predicted octanol–water partition coefficient (Wildman–Crippen LogP) is 0.875. The SMILES string of the molecule is COCCOC(=O)c1ccc(N)cc1C(=O)OCCOC. The molecular formula is C14H19NO6. The molecule has 0 aromatic heterocycles. The standard InChI is InChI=1S/C14H19NO6/c1-18-5-7-20-13(16)11-4-3-10(15)9-12(11)14(17)21-8-6-19-2/h3-4,9H,5-8,15H2,1-2H3. The number of esters is 2. The van der Waals surface area contributed by atoms with E-state index in [1.54, 1.807) is 0 Å². The smallest absolute Gasteiger partial charge is 0.339 e. The van der Waals surface area contributed by atoms with Crippen molar-refractivity contribution in [3.8, 4) is 0 Å². The number of rotatable bonds is 8. The monoisotopic (exact) mass is 297 g/mol. The molecule has 0 aliphatic rings. The summed E-state index contributed by atoms with van der Waals surface area (Å²) in [5, 5.41) is 0. The fourth-order valence-electron chi connectivity index (χ4n) is 1.50. The van der Waals surface area contributed by atoms with E-state index in [2.05, 4.69) is 0 Å². The number of nitrogens with two attached hydrogens (primary N) is 1. The molecule has 0 saturated carbocycles. The highest BCUT2D eigenvalue weighted by Crippen LogP contribution is 2.16. The molecular weight excluding hydrogens is 278 g/mol. The Kier molecular flexibility index (Phi) is 7.20. The maximum absolute atomic E-state index is 12.0. The van der Waals surface area contributed by atoms with E-state index in [9.17, 15) is 9.59 Å². The van der Waals surface area contributed by atoms with Gasteiger partial charge in [-0.05, 0) is 18.2 Å². The maximum Gasteiger partial charge on any atom is 0.339 e. The number of anilines is 1. The lowest BCUT2D eigenvalue weighted by molar-refractivity contribution is 0.0345. The summed E-state index contributed by atoms with van der Waals surface area (Å²) < 4.78 is 19.6. The molecule has 116 valence electrons. The van der Waals surface area contributed by atoms with E-state index in [0.717, 1.165) is 0 Å². The van der Waals surface area contributed by atoms with Gasteiger partial charge in [0.05, 0.1) is 24.3 Å². The van der Waals surface area contributed by atoms with Crippen LogP contribution >= 0.6 is 0 Å². The first-order chi connectivity index (χ1) is 10.1. The van der Waals surface area contributed by atoms with Gasteiger partial charge < -0.3 is 24.7 Å². The molecule has 0 spiro atoms. The molecule has 7 heteroatoms. The fourth-order valence-corrected chi connectivity index (χ4v) is 1.50. The van der Waals surface area contributed by atoms with Gasteiger partial charge in [-0.25, -0.2) is 9.59 Å². The Balaban J connectivity index is 2.83. The van der Waals surface area contributed by atoms with Crippen LogP contribution < -0.4 is 5.73 Å². The molecule has 0 bridgehead atoms. The largest absolute Gasteiger partial charge is 0.460 e. The zero-order chi connectivity index (χ0) is 15.7. The van der Waals surface area contributed by atoms with Gasteiger partial charge in [0.1, 0.15) is 13.2 Å². The second kappa shape index (κ2) is 8.93. The topological polar surface area (TPSA) is 97.1 Å². The number of hydrogen-bond acceptors (Lipinski definition) is 7. The number of methoxy groups -OCH3 is 2. The molecule has 0 aliphatic carbocycles. The number of carbonyl (C=O) groups is 2. The highest BCUT2D eigenvalue weighted by Gasteiger charge is 2.19. The number of hydrogen-bond donors (Lipinski definition) is 1. The summed E-state index contributed by atoms with van der Waals surface area (Å²) >= 11 is 0. The summed E-state index contributed by atoms with van der Waals surface area (Å²) in [6.45, 7) is 0.718. The first-order valence-electron chi connectivity index (χ1n) is 6.31. The molecule has 0 radical (unpaired) electrons. The van der Waals surface area contributed by atoms with Crippen molar-refractivity contribution in [1.82, 2.24) is 0 Å². The van der Waals surface area contributed by atoms with Crippen LogP contribution in [0, 0.1) is 0 Å². The average Bonchev–Trinajstić information content (AvgIpc) is 2.47. The normalized spacial score (nSPS) is 10.2. The fraction of sp³-hybridized carbons (Fsp3) is 0.429. The Bertz CT molecular complexity index is 488. The second-order valence-electron chi connectivity index (χ2n) is 4.06. The molecule has 1 rings (SSSR count). The van der Waals surface area contributed by atoms with Crippen molar-refractivity contribution in [3.05, 3.63) is 29.3 Å². The zero-order valence-corrected chi connectivity index (χ0v) is 12.1. The van der Waals surface area contributed by atoms with Crippen LogP contribution in [0.15, 0.2) is 18.2 Å². The van der Waals surface area contributed by atoms with Gasteiger partial charge >= 0.3 is 11.9 Å². The van der Waals surface area contributed by atoms with Gasteiger partial charge in [-0.3, -0.25) is 0 Å². The van der Waals surface area contributed by atoms with Gasteiger partial charge in [-0.2, -0.15) is 0 Å². The van der Waals surface area contributed by atoms with Crippen LogP contribution in [0.25, 0.3) is 0 Å². The Labute approximate surface area is 122 Å². The van der Waals surface area contributed by atoms with E-state index in [4.69, 9.17) is 24.7 Å². The number of ether oxygens (including phenoxy) is 4. The minimum atomic E-state index is -0.655. The lowest BCUT2D eigenvalue weighted by Gasteiger charge is -2.10. The summed E-state index contributed by atoms with van der Waals surface area (Å²) in [6, 6.07) is 4.32. The minimum Gasteiger partial charge on any atom is -0.460 e. The van der Waals surface area contributed by atoms with Crippen molar-refractivity contribution < 1.29 is 28.5 Å². The number of benzene rings is 1. The van der Waals surface area contributed by atoms with E-state index in [-0.39, 0.29) is 37.6 Å². The molecule has 21 heavy (non-hydrogen) atoms. The average molecular weight is 297 g/mol. The molecule has 0 fully saturated rings. The van der Waals surface area contributed by atoms with E-state index < -0.39 is 11.9 Å². The first-order valence-corrected chi connectivity index (χ1v) is 6.31. The molecule has 0 aliphatic heterocycles. The van der Waals surface area contributed by atoms with Crippen LogP contribution in [0.5, 0.6) is 0 Å². The van der Waals surface area contributed by atoms with Gasteiger partial charge in [0, 0.05) is 19.9 Å². The van der Waals surface area contributed by atoms with Crippen molar-refractivity contribution in [2.75, 3.05) is 46.4 Å². The van der Waals surface area contributed by atoms with E-state index >= 15 is 0 Å². The summed E-state index contributed by atoms with van der Waals surface area (Å²) in [4.78, 5) is 23.9. The first kappa shape index (κ1) is 16.9. The van der Waals surface area contributed by atoms with E-state index in [1.165, 1.54) is 32.4 Å². The lowest BCUT2D eigenvalue weighted by atomic mass is 10.1. The molecule has 1 aromatic rings. The number of carbonyl (C=O) groups excluding carboxylic acids is 2. The van der Waals surface area contributed by atoms with Crippen molar-refractivity contribution in [3.63, 3.8) is 0 Å². The van der Waals surface area contributed by atoms with Crippen LogP contribution in [0.3, 0.4) is 0 Å². The number of nitrogen functional groups attached to an aromatic ring is 1. The van der Waals surface area contributed by atoms with Gasteiger partial charge in [0.25, 0.3) is 0 Å². The second-order valence-corrected chi connectivity index (χ2v) is 4.06. The van der Waals surface area contributed by atoms with E-state index in [1.807, 2.05) is 0 Å². The van der Waals surface area contributed by atoms with Gasteiger partial charge in [0.2, 0.25) is 0 Å². The Morgan fingerprint density at radius 2 is 1.43 bits per heavy atom. The Hall–Kier alpha value is -2.12. The van der Waals surface area contributed by atoms with Crippen LogP contribution in [0.4, 0.5) is 5.69 Å². The predicted molar refractivity (Wildman–Crippen MR) is 75.2 cm³/mol.